The third kappa shape index (κ3) is 1.31. The van der Waals surface area contributed by atoms with Crippen LogP contribution < -0.4 is 16.1 Å². The molecule has 1 aromatic carbocycles. The van der Waals surface area contributed by atoms with E-state index in [9.17, 15) is 0 Å². The second-order valence-electron chi connectivity index (χ2n) is 2.64. The van der Waals surface area contributed by atoms with E-state index in [0.29, 0.717) is 11.9 Å². The summed E-state index contributed by atoms with van der Waals surface area (Å²) in [7, 11) is 0. The van der Waals surface area contributed by atoms with Gasteiger partial charge in [0.1, 0.15) is 5.69 Å². The molecule has 0 amide bonds. The van der Waals surface area contributed by atoms with Crippen LogP contribution >= 0.6 is 0 Å². The molecule has 66 valence electrons. The minimum atomic E-state index is 0.307. The average Bonchev–Trinajstić information content (AvgIpc) is 2.47. The van der Waals surface area contributed by atoms with Crippen molar-refractivity contribution in [1.82, 2.24) is 10.1 Å². The quantitative estimate of drug-likeness (QED) is 0.528. The molecule has 5 nitrogen and oxygen atoms in total. The van der Waals surface area contributed by atoms with E-state index in [2.05, 4.69) is 10.1 Å². The maximum absolute atomic E-state index is 5.61. The van der Waals surface area contributed by atoms with Crippen LogP contribution in [-0.2, 0) is 0 Å². The van der Waals surface area contributed by atoms with Crippen molar-refractivity contribution >= 4 is 11.9 Å². The fraction of sp³-hybridized carbons (Fsp3) is 0. The molecular weight excluding hydrogens is 166 g/mol. The molecule has 0 saturated heterocycles. The van der Waals surface area contributed by atoms with Crippen LogP contribution in [0.2, 0.25) is 0 Å². The number of aromatic amines is 1. The number of anilines is 2. The standard InChI is InChI=1S/C8H9N5/c9-7-11-8(10)13(12-7)6-4-2-1-3-5-6/h1-5H,(H4,9,10,11,12)/p+1. The van der Waals surface area contributed by atoms with Crippen molar-refractivity contribution in [1.29, 1.82) is 0 Å². The van der Waals surface area contributed by atoms with Gasteiger partial charge in [0.25, 0.3) is 0 Å². The van der Waals surface area contributed by atoms with Gasteiger partial charge in [-0.05, 0) is 17.1 Å². The Hall–Kier alpha value is -2.04. The van der Waals surface area contributed by atoms with Gasteiger partial charge in [-0.2, -0.15) is 5.10 Å². The molecule has 1 aromatic heterocycles. The first-order valence-corrected chi connectivity index (χ1v) is 3.86. The van der Waals surface area contributed by atoms with E-state index in [1.807, 2.05) is 30.3 Å². The maximum Gasteiger partial charge on any atom is 0.415 e. The van der Waals surface area contributed by atoms with Crippen LogP contribution in [-0.4, -0.2) is 10.1 Å². The third-order valence-electron chi connectivity index (χ3n) is 1.70. The number of nitrogens with zero attached hydrogens (tertiary/aromatic N) is 2. The minimum absolute atomic E-state index is 0.307. The Labute approximate surface area is 75.0 Å². The predicted octanol–water partition coefficient (Wildman–Crippen LogP) is -0.149. The Morgan fingerprint density at radius 2 is 1.85 bits per heavy atom. The van der Waals surface area contributed by atoms with Crippen molar-refractivity contribution in [2.45, 2.75) is 0 Å². The summed E-state index contributed by atoms with van der Waals surface area (Å²) in [6.45, 7) is 0. The Kier molecular flexibility index (Phi) is 1.63. The van der Waals surface area contributed by atoms with Gasteiger partial charge < -0.3 is 5.73 Å². The van der Waals surface area contributed by atoms with Crippen LogP contribution in [0, 0.1) is 0 Å². The van der Waals surface area contributed by atoms with Crippen molar-refractivity contribution in [3.05, 3.63) is 30.3 Å². The molecule has 5 N–H and O–H groups in total. The van der Waals surface area contributed by atoms with Crippen LogP contribution in [0.25, 0.3) is 5.69 Å². The summed E-state index contributed by atoms with van der Waals surface area (Å²) in [6, 6.07) is 9.58. The molecule has 0 bridgehead atoms. The van der Waals surface area contributed by atoms with Crippen LogP contribution in [0.5, 0.6) is 0 Å². The van der Waals surface area contributed by atoms with Crippen LogP contribution in [0.1, 0.15) is 0 Å². The molecule has 0 atom stereocenters. The summed E-state index contributed by atoms with van der Waals surface area (Å²) in [5, 5.41) is 2.82. The smallest absolute Gasteiger partial charge is 0.353 e. The molecule has 0 aliphatic carbocycles. The van der Waals surface area contributed by atoms with E-state index in [1.165, 1.54) is 0 Å². The number of nitrogens with two attached hydrogens (primary N) is 2. The molecular formula is C8H10N5+. The number of para-hydroxylation sites is 1. The lowest BCUT2D eigenvalue weighted by Gasteiger charge is -1.94. The topological polar surface area (TPSA) is 84.6 Å². The zero-order chi connectivity index (χ0) is 9.26. The zero-order valence-corrected chi connectivity index (χ0v) is 6.94. The first kappa shape index (κ1) is 7.60. The predicted molar refractivity (Wildman–Crippen MR) is 48.9 cm³/mol. The van der Waals surface area contributed by atoms with Gasteiger partial charge in [0.05, 0.1) is 0 Å². The van der Waals surface area contributed by atoms with Gasteiger partial charge in [-0.15, -0.1) is 4.68 Å². The van der Waals surface area contributed by atoms with Gasteiger partial charge in [-0.25, -0.2) is 0 Å². The fourth-order valence-electron chi connectivity index (χ4n) is 1.14. The Morgan fingerprint density at radius 1 is 1.15 bits per heavy atom. The number of H-pyrrole nitrogens is 1. The fourth-order valence-corrected chi connectivity index (χ4v) is 1.14. The summed E-state index contributed by atoms with van der Waals surface area (Å²) in [5.74, 6) is 0.657. The van der Waals surface area contributed by atoms with E-state index in [1.54, 1.807) is 4.68 Å². The normalized spacial score (nSPS) is 10.2. The number of nitrogen functional groups attached to an aromatic ring is 2. The summed E-state index contributed by atoms with van der Waals surface area (Å²) in [5.41, 5.74) is 12.0. The van der Waals surface area contributed by atoms with E-state index in [0.717, 1.165) is 5.69 Å². The highest BCUT2D eigenvalue weighted by Gasteiger charge is 2.12. The molecule has 2 aromatic rings. The third-order valence-corrected chi connectivity index (χ3v) is 1.70. The Balaban J connectivity index is 2.53. The molecule has 0 fully saturated rings. The lowest BCUT2D eigenvalue weighted by molar-refractivity contribution is -0.641. The van der Waals surface area contributed by atoms with E-state index >= 15 is 0 Å². The number of benzene rings is 1. The summed E-state index contributed by atoms with van der Waals surface area (Å²) >= 11 is 0. The molecule has 0 aliphatic heterocycles. The minimum Gasteiger partial charge on any atom is -0.353 e. The lowest BCUT2D eigenvalue weighted by Crippen LogP contribution is -2.35. The number of hydrogen-bond acceptors (Lipinski definition) is 3. The highest BCUT2D eigenvalue weighted by molar-refractivity contribution is 5.26. The lowest BCUT2D eigenvalue weighted by atomic mass is 10.3. The maximum atomic E-state index is 5.61. The van der Waals surface area contributed by atoms with Gasteiger partial charge in [-0.1, -0.05) is 18.2 Å². The Bertz CT molecular complexity index is 406. The summed E-state index contributed by atoms with van der Waals surface area (Å²) in [6.07, 6.45) is 0. The average molecular weight is 176 g/mol. The zero-order valence-electron chi connectivity index (χ0n) is 6.94. The number of hydrogen-bond donors (Lipinski definition) is 3. The van der Waals surface area contributed by atoms with Crippen molar-refractivity contribution in [3.63, 3.8) is 0 Å². The first-order chi connectivity index (χ1) is 6.27. The molecule has 0 aliphatic rings. The highest BCUT2D eigenvalue weighted by Crippen LogP contribution is 2.00. The van der Waals surface area contributed by atoms with Gasteiger partial charge in [0, 0.05) is 0 Å². The number of aromatic nitrogens is 3. The van der Waals surface area contributed by atoms with E-state index in [-0.39, 0.29) is 0 Å². The van der Waals surface area contributed by atoms with E-state index < -0.39 is 0 Å². The molecule has 0 radical (unpaired) electrons. The monoisotopic (exact) mass is 176 g/mol. The summed E-state index contributed by atoms with van der Waals surface area (Å²) < 4.78 is 1.62. The Morgan fingerprint density at radius 3 is 2.38 bits per heavy atom. The van der Waals surface area contributed by atoms with Gasteiger partial charge in [-0.3, -0.25) is 5.73 Å². The molecule has 1 heterocycles. The van der Waals surface area contributed by atoms with Crippen LogP contribution in [0.4, 0.5) is 11.9 Å². The van der Waals surface area contributed by atoms with Crippen molar-refractivity contribution in [2.75, 3.05) is 11.5 Å². The largest absolute Gasteiger partial charge is 0.415 e. The molecule has 0 unspecified atom stereocenters. The second-order valence-corrected chi connectivity index (χ2v) is 2.64. The molecule has 5 heteroatoms. The van der Waals surface area contributed by atoms with E-state index in [4.69, 9.17) is 11.5 Å². The summed E-state index contributed by atoms with van der Waals surface area (Å²) in [4.78, 5) is 3.85. The van der Waals surface area contributed by atoms with Crippen LogP contribution in [0.15, 0.2) is 30.3 Å². The molecule has 0 saturated carbocycles. The number of rotatable bonds is 1. The number of nitrogens with one attached hydrogen (secondary N) is 1. The van der Waals surface area contributed by atoms with Gasteiger partial charge in [0.2, 0.25) is 0 Å². The second kappa shape index (κ2) is 2.78. The van der Waals surface area contributed by atoms with Crippen molar-refractivity contribution in [2.24, 2.45) is 0 Å². The molecule has 0 spiro atoms. The van der Waals surface area contributed by atoms with Crippen LogP contribution in [0.3, 0.4) is 0 Å². The highest BCUT2D eigenvalue weighted by atomic mass is 15.4. The van der Waals surface area contributed by atoms with Crippen molar-refractivity contribution in [3.8, 4) is 5.69 Å². The van der Waals surface area contributed by atoms with Crippen molar-refractivity contribution < 1.29 is 4.68 Å². The van der Waals surface area contributed by atoms with Gasteiger partial charge in [0.15, 0.2) is 0 Å². The molecule has 13 heavy (non-hydrogen) atoms. The first-order valence-electron chi connectivity index (χ1n) is 3.86. The van der Waals surface area contributed by atoms with Gasteiger partial charge >= 0.3 is 11.9 Å². The SMILES string of the molecule is Nc1nc(N)[n+](-c2ccccc2)[nH]1. The molecule has 2 rings (SSSR count).